The summed E-state index contributed by atoms with van der Waals surface area (Å²) in [6.45, 7) is 0. The van der Waals surface area contributed by atoms with Gasteiger partial charge in [-0.2, -0.15) is 23.3 Å². The fourth-order valence-corrected chi connectivity index (χ4v) is 3.18. The van der Waals surface area contributed by atoms with Crippen LogP contribution in [0.25, 0.3) is 0 Å². The van der Waals surface area contributed by atoms with Crippen LogP contribution in [-0.2, 0) is 11.2 Å². The minimum Gasteiger partial charge on any atom is -0.362 e. The average Bonchev–Trinajstić information content (AvgIpc) is 3.06. The molecule has 4 nitrogen and oxygen atoms in total. The topological polar surface area (TPSA) is 52.9 Å². The van der Waals surface area contributed by atoms with Crippen LogP contribution in [-0.4, -0.2) is 33.6 Å². The molecule has 7 heteroatoms. The van der Waals surface area contributed by atoms with Crippen LogP contribution in [0.5, 0.6) is 0 Å². The van der Waals surface area contributed by atoms with Crippen molar-refractivity contribution < 1.29 is 23.1 Å². The molecule has 1 unspecified atom stereocenters. The number of aryl methyl sites for hydroxylation is 1. The largest absolute Gasteiger partial charge is 0.438 e. The van der Waals surface area contributed by atoms with Gasteiger partial charge in [0.1, 0.15) is 0 Å². The molecule has 0 fully saturated rings. The number of nitrogens with zero attached hydrogens (tertiary/aromatic N) is 2. The van der Waals surface area contributed by atoms with Gasteiger partial charge in [0.05, 0.1) is 12.1 Å². The van der Waals surface area contributed by atoms with Crippen LogP contribution in [0.3, 0.4) is 0 Å². The summed E-state index contributed by atoms with van der Waals surface area (Å²) in [6, 6.07) is 17.9. The number of carbonyl (C=O) groups is 1. The summed E-state index contributed by atoms with van der Waals surface area (Å²) in [4.78, 5) is 12.5. The standard InChI is InChI=1S/C21H21F3N2O2/c22-21(23,24)20(28)15-18(17-12-5-2-6-13-17)25-26(20)19(27)14-8-7-11-16-9-3-1-4-10-16/h1-6,9-10,12-13,28H,7-8,11,14-15H2. The smallest absolute Gasteiger partial charge is 0.362 e. The summed E-state index contributed by atoms with van der Waals surface area (Å²) in [5.41, 5.74) is -1.72. The number of carbonyl (C=O) groups excluding carboxylic acids is 1. The van der Waals surface area contributed by atoms with Crippen LogP contribution in [0.1, 0.15) is 36.8 Å². The van der Waals surface area contributed by atoms with Gasteiger partial charge >= 0.3 is 6.18 Å². The van der Waals surface area contributed by atoms with Gasteiger partial charge in [-0.3, -0.25) is 4.79 Å². The number of hydrazone groups is 1. The molecule has 1 aliphatic rings. The number of unbranched alkanes of at least 4 members (excludes halogenated alkanes) is 1. The van der Waals surface area contributed by atoms with Gasteiger partial charge in [0.15, 0.2) is 0 Å². The van der Waals surface area contributed by atoms with Crippen LogP contribution in [0.2, 0.25) is 0 Å². The van der Waals surface area contributed by atoms with E-state index in [1.165, 1.54) is 0 Å². The van der Waals surface area contributed by atoms with Crippen LogP contribution < -0.4 is 0 Å². The zero-order valence-electron chi connectivity index (χ0n) is 15.2. The molecule has 1 heterocycles. The minimum absolute atomic E-state index is 0.0399. The molecular weight excluding hydrogens is 369 g/mol. The molecule has 1 N–H and O–H groups in total. The number of hydrogen-bond acceptors (Lipinski definition) is 3. The predicted octanol–water partition coefficient (Wildman–Crippen LogP) is 4.29. The Morgan fingerprint density at radius 2 is 1.64 bits per heavy atom. The normalized spacial score (nSPS) is 19.6. The van der Waals surface area contributed by atoms with E-state index in [4.69, 9.17) is 0 Å². The second-order valence-corrected chi connectivity index (χ2v) is 6.80. The van der Waals surface area contributed by atoms with E-state index in [1.54, 1.807) is 30.3 Å². The summed E-state index contributed by atoms with van der Waals surface area (Å²) < 4.78 is 40.6. The fraction of sp³-hybridized carbons (Fsp3) is 0.333. The van der Waals surface area contributed by atoms with E-state index >= 15 is 0 Å². The van der Waals surface area contributed by atoms with Crippen molar-refractivity contribution in [2.24, 2.45) is 5.10 Å². The Kier molecular flexibility index (Phi) is 5.84. The molecule has 0 radical (unpaired) electrons. The zero-order chi connectivity index (χ0) is 20.2. The first-order chi connectivity index (χ1) is 13.3. The summed E-state index contributed by atoms with van der Waals surface area (Å²) in [6.07, 6.45) is -4.10. The van der Waals surface area contributed by atoms with E-state index < -0.39 is 24.2 Å². The zero-order valence-corrected chi connectivity index (χ0v) is 15.2. The molecule has 148 valence electrons. The Morgan fingerprint density at radius 3 is 2.25 bits per heavy atom. The summed E-state index contributed by atoms with van der Waals surface area (Å²) in [5.74, 6) is -0.834. The number of benzene rings is 2. The van der Waals surface area contributed by atoms with Crippen molar-refractivity contribution in [2.75, 3.05) is 0 Å². The fourth-order valence-electron chi connectivity index (χ4n) is 3.18. The molecule has 2 aromatic carbocycles. The molecule has 0 bridgehead atoms. The molecule has 0 aliphatic carbocycles. The highest BCUT2D eigenvalue weighted by Gasteiger charge is 2.63. The highest BCUT2D eigenvalue weighted by molar-refractivity contribution is 6.03. The van der Waals surface area contributed by atoms with Crippen LogP contribution in [0.15, 0.2) is 65.8 Å². The van der Waals surface area contributed by atoms with Crippen molar-refractivity contribution in [1.82, 2.24) is 5.01 Å². The van der Waals surface area contributed by atoms with Crippen molar-refractivity contribution in [3.05, 3.63) is 71.8 Å². The minimum atomic E-state index is -5.01. The lowest BCUT2D eigenvalue weighted by Crippen LogP contribution is -2.56. The SMILES string of the molecule is O=C(CCCCc1ccccc1)N1N=C(c2ccccc2)CC1(O)C(F)(F)F. The van der Waals surface area contributed by atoms with E-state index in [0.29, 0.717) is 18.4 Å². The van der Waals surface area contributed by atoms with Crippen molar-refractivity contribution in [2.45, 2.75) is 44.0 Å². The second kappa shape index (κ2) is 8.14. The van der Waals surface area contributed by atoms with Gasteiger partial charge in [-0.05, 0) is 30.4 Å². The molecule has 0 spiro atoms. The van der Waals surface area contributed by atoms with Gasteiger partial charge in [0.2, 0.25) is 5.91 Å². The number of aliphatic hydroxyl groups is 1. The van der Waals surface area contributed by atoms with Crippen LogP contribution in [0.4, 0.5) is 13.2 Å². The average molecular weight is 390 g/mol. The Morgan fingerprint density at radius 1 is 1.04 bits per heavy atom. The quantitative estimate of drug-likeness (QED) is 0.749. The number of hydrogen-bond donors (Lipinski definition) is 1. The maximum Gasteiger partial charge on any atom is 0.438 e. The first-order valence-corrected chi connectivity index (χ1v) is 9.10. The van der Waals surface area contributed by atoms with Gasteiger partial charge < -0.3 is 5.11 Å². The molecule has 1 aliphatic heterocycles. The van der Waals surface area contributed by atoms with Crippen molar-refractivity contribution in [3.63, 3.8) is 0 Å². The summed E-state index contributed by atoms with van der Waals surface area (Å²) in [5, 5.41) is 14.4. The molecule has 1 amide bonds. The van der Waals surface area contributed by atoms with Gasteiger partial charge in [-0.25, -0.2) is 0 Å². The lowest BCUT2D eigenvalue weighted by Gasteiger charge is -2.32. The third-order valence-electron chi connectivity index (χ3n) is 4.73. The van der Waals surface area contributed by atoms with Crippen LogP contribution in [0, 0.1) is 0 Å². The molecule has 0 saturated carbocycles. The number of halogens is 3. The van der Waals surface area contributed by atoms with Gasteiger partial charge in [0.25, 0.3) is 5.72 Å². The molecular formula is C21H21F3N2O2. The van der Waals surface area contributed by atoms with Gasteiger partial charge in [-0.15, -0.1) is 0 Å². The van der Waals surface area contributed by atoms with E-state index in [9.17, 15) is 23.1 Å². The second-order valence-electron chi connectivity index (χ2n) is 6.80. The summed E-state index contributed by atoms with van der Waals surface area (Å²) in [7, 11) is 0. The monoisotopic (exact) mass is 390 g/mol. The van der Waals surface area contributed by atoms with Gasteiger partial charge in [0, 0.05) is 6.42 Å². The predicted molar refractivity (Wildman–Crippen MR) is 99.4 cm³/mol. The van der Waals surface area contributed by atoms with Crippen LogP contribution >= 0.6 is 0 Å². The van der Waals surface area contributed by atoms with E-state index in [-0.39, 0.29) is 17.1 Å². The number of alkyl halides is 3. The lowest BCUT2D eigenvalue weighted by molar-refractivity contribution is -0.302. The summed E-state index contributed by atoms with van der Waals surface area (Å²) >= 11 is 0. The molecule has 28 heavy (non-hydrogen) atoms. The van der Waals surface area contributed by atoms with E-state index in [2.05, 4.69) is 5.10 Å². The third-order valence-corrected chi connectivity index (χ3v) is 4.73. The molecule has 0 saturated heterocycles. The van der Waals surface area contributed by atoms with Gasteiger partial charge in [-0.1, -0.05) is 60.7 Å². The van der Waals surface area contributed by atoms with E-state index in [0.717, 1.165) is 12.0 Å². The first-order valence-electron chi connectivity index (χ1n) is 9.10. The highest BCUT2D eigenvalue weighted by Crippen LogP contribution is 2.41. The Labute approximate surface area is 161 Å². The molecule has 3 rings (SSSR count). The maximum absolute atomic E-state index is 13.5. The maximum atomic E-state index is 13.5. The highest BCUT2D eigenvalue weighted by atomic mass is 19.4. The third kappa shape index (κ3) is 4.25. The molecule has 2 aromatic rings. The van der Waals surface area contributed by atoms with Crippen molar-refractivity contribution in [1.29, 1.82) is 0 Å². The Bertz CT molecular complexity index is 838. The lowest BCUT2D eigenvalue weighted by atomic mass is 10.0. The number of rotatable bonds is 6. The molecule has 0 aromatic heterocycles. The Balaban J connectivity index is 1.68. The Hall–Kier alpha value is -2.67. The first kappa shape index (κ1) is 20.1. The van der Waals surface area contributed by atoms with E-state index in [1.807, 2.05) is 30.3 Å². The van der Waals surface area contributed by atoms with Crippen molar-refractivity contribution in [3.8, 4) is 0 Å². The number of amides is 1. The molecule has 1 atom stereocenters. The van der Waals surface area contributed by atoms with Crippen molar-refractivity contribution >= 4 is 11.6 Å².